The van der Waals surface area contributed by atoms with Crippen molar-refractivity contribution in [3.05, 3.63) is 176 Å². The lowest BCUT2D eigenvalue weighted by molar-refractivity contribution is 1.23. The van der Waals surface area contributed by atoms with Crippen LogP contribution in [-0.2, 0) is 0 Å². The van der Waals surface area contributed by atoms with Gasteiger partial charge >= 0.3 is 0 Å². The molecular formula is C45H29N3. The Morgan fingerprint density at radius 1 is 0.312 bits per heavy atom. The summed E-state index contributed by atoms with van der Waals surface area (Å²) in [4.78, 5) is 14.8. The fourth-order valence-electron chi connectivity index (χ4n) is 6.58. The number of fused-ring (bicyclic) bond motifs is 4. The van der Waals surface area contributed by atoms with Gasteiger partial charge in [0, 0.05) is 33.5 Å². The number of benzene rings is 7. The molecule has 0 saturated carbocycles. The Kier molecular flexibility index (Phi) is 6.80. The Bertz CT molecular complexity index is 2570. The van der Waals surface area contributed by atoms with Crippen LogP contribution in [0.5, 0.6) is 0 Å². The van der Waals surface area contributed by atoms with Crippen molar-refractivity contribution >= 4 is 32.6 Å². The molecule has 0 atom stereocenters. The van der Waals surface area contributed by atoms with E-state index in [1.807, 2.05) is 24.4 Å². The third-order valence-electron chi connectivity index (χ3n) is 9.15. The molecule has 0 spiro atoms. The van der Waals surface area contributed by atoms with Crippen molar-refractivity contribution in [2.24, 2.45) is 0 Å². The predicted octanol–water partition coefficient (Wildman–Crippen LogP) is 11.7. The van der Waals surface area contributed by atoms with Crippen LogP contribution in [0.3, 0.4) is 0 Å². The molecule has 224 valence electrons. The lowest BCUT2D eigenvalue weighted by Gasteiger charge is -2.11. The molecule has 7 aromatic carbocycles. The first-order valence-corrected chi connectivity index (χ1v) is 16.2. The van der Waals surface area contributed by atoms with Crippen LogP contribution in [-0.4, -0.2) is 15.0 Å². The van der Waals surface area contributed by atoms with E-state index in [1.165, 1.54) is 27.5 Å². The maximum atomic E-state index is 5.11. The zero-order valence-electron chi connectivity index (χ0n) is 26.1. The third kappa shape index (κ3) is 5.08. The Labute approximate surface area is 278 Å². The monoisotopic (exact) mass is 611 g/mol. The second kappa shape index (κ2) is 11.7. The van der Waals surface area contributed by atoms with Gasteiger partial charge in [-0.1, -0.05) is 158 Å². The summed E-state index contributed by atoms with van der Waals surface area (Å²) in [5.41, 5.74) is 12.0. The standard InChI is InChI=1S/C45H29N3/c1-2-8-30(9-3-1)31-18-22-35(23-19-31)44-41-12-6-7-13-42(41)47-45(48-44)36-24-20-33(21-25-36)32-14-16-34(17-15-32)37-26-27-40-39-11-5-4-10-38(39)29-46-43(40)28-37/h1-29H. The zero-order valence-corrected chi connectivity index (χ0v) is 26.1. The Morgan fingerprint density at radius 2 is 0.833 bits per heavy atom. The highest BCUT2D eigenvalue weighted by atomic mass is 14.9. The maximum absolute atomic E-state index is 5.11. The summed E-state index contributed by atoms with van der Waals surface area (Å²) in [7, 11) is 0. The highest BCUT2D eigenvalue weighted by Crippen LogP contribution is 2.33. The molecule has 0 aliphatic carbocycles. The molecule has 3 heteroatoms. The summed E-state index contributed by atoms with van der Waals surface area (Å²) < 4.78 is 0. The number of rotatable bonds is 5. The van der Waals surface area contributed by atoms with Crippen molar-refractivity contribution in [1.82, 2.24) is 15.0 Å². The number of aromatic nitrogens is 3. The van der Waals surface area contributed by atoms with Gasteiger partial charge in [-0.15, -0.1) is 0 Å². The van der Waals surface area contributed by atoms with Gasteiger partial charge in [0.25, 0.3) is 0 Å². The van der Waals surface area contributed by atoms with E-state index in [9.17, 15) is 0 Å². The second-order valence-corrected chi connectivity index (χ2v) is 12.1. The van der Waals surface area contributed by atoms with Gasteiger partial charge in [-0.2, -0.15) is 0 Å². The molecule has 0 bridgehead atoms. The summed E-state index contributed by atoms with van der Waals surface area (Å²) in [6.45, 7) is 0. The van der Waals surface area contributed by atoms with Gasteiger partial charge in [-0.25, -0.2) is 9.97 Å². The highest BCUT2D eigenvalue weighted by Gasteiger charge is 2.12. The average molecular weight is 612 g/mol. The van der Waals surface area contributed by atoms with E-state index in [-0.39, 0.29) is 0 Å². The average Bonchev–Trinajstić information content (AvgIpc) is 3.18. The van der Waals surface area contributed by atoms with E-state index in [2.05, 4.69) is 152 Å². The van der Waals surface area contributed by atoms with Crippen molar-refractivity contribution < 1.29 is 0 Å². The van der Waals surface area contributed by atoms with Gasteiger partial charge < -0.3 is 0 Å². The minimum atomic E-state index is 0.718. The van der Waals surface area contributed by atoms with E-state index >= 15 is 0 Å². The van der Waals surface area contributed by atoms with Gasteiger partial charge in [0.15, 0.2) is 5.82 Å². The molecule has 0 aliphatic heterocycles. The molecule has 2 aromatic heterocycles. The van der Waals surface area contributed by atoms with Crippen LogP contribution in [0.4, 0.5) is 0 Å². The largest absolute Gasteiger partial charge is 0.256 e. The normalized spacial score (nSPS) is 11.3. The van der Waals surface area contributed by atoms with E-state index < -0.39 is 0 Å². The predicted molar refractivity (Wildman–Crippen MR) is 200 cm³/mol. The Morgan fingerprint density at radius 3 is 1.54 bits per heavy atom. The molecular weight excluding hydrogens is 583 g/mol. The molecule has 3 nitrogen and oxygen atoms in total. The number of para-hydroxylation sites is 1. The van der Waals surface area contributed by atoms with Crippen molar-refractivity contribution in [3.63, 3.8) is 0 Å². The molecule has 9 aromatic rings. The summed E-state index contributed by atoms with van der Waals surface area (Å²) in [5, 5.41) is 4.61. The number of pyridine rings is 1. The number of hydrogen-bond donors (Lipinski definition) is 0. The van der Waals surface area contributed by atoms with E-state index in [0.29, 0.717) is 0 Å². The van der Waals surface area contributed by atoms with Gasteiger partial charge in [-0.3, -0.25) is 4.98 Å². The van der Waals surface area contributed by atoms with Crippen LogP contribution >= 0.6 is 0 Å². The molecule has 0 unspecified atom stereocenters. The second-order valence-electron chi connectivity index (χ2n) is 12.1. The van der Waals surface area contributed by atoms with Gasteiger partial charge in [-0.05, 0) is 50.9 Å². The third-order valence-corrected chi connectivity index (χ3v) is 9.15. The summed E-state index contributed by atoms with van der Waals surface area (Å²) in [5.74, 6) is 0.718. The molecule has 48 heavy (non-hydrogen) atoms. The zero-order chi connectivity index (χ0) is 31.9. The minimum absolute atomic E-state index is 0.718. The number of nitrogens with zero attached hydrogens (tertiary/aromatic N) is 3. The first-order chi connectivity index (χ1) is 23.8. The number of hydrogen-bond acceptors (Lipinski definition) is 3. The molecule has 0 saturated heterocycles. The molecule has 9 rings (SSSR count). The fraction of sp³-hybridized carbons (Fsp3) is 0. The quantitative estimate of drug-likeness (QED) is 0.182. The molecule has 0 radical (unpaired) electrons. The van der Waals surface area contributed by atoms with Gasteiger partial charge in [0.2, 0.25) is 0 Å². The van der Waals surface area contributed by atoms with Crippen LogP contribution in [0.15, 0.2) is 176 Å². The molecule has 0 amide bonds. The van der Waals surface area contributed by atoms with Crippen molar-refractivity contribution in [1.29, 1.82) is 0 Å². The highest BCUT2D eigenvalue weighted by molar-refractivity contribution is 6.06. The Balaban J connectivity index is 1.00. The van der Waals surface area contributed by atoms with Crippen molar-refractivity contribution in [3.8, 4) is 56.0 Å². The SMILES string of the molecule is c1ccc(-c2ccc(-c3nc(-c4ccc(-c5ccc(-c6ccc7c(c6)ncc6ccccc67)cc5)cc4)nc4ccccc34)cc2)cc1. The van der Waals surface area contributed by atoms with Crippen LogP contribution in [0.2, 0.25) is 0 Å². The first-order valence-electron chi connectivity index (χ1n) is 16.2. The minimum Gasteiger partial charge on any atom is -0.256 e. The molecule has 0 fully saturated rings. The first kappa shape index (κ1) is 27.8. The van der Waals surface area contributed by atoms with E-state index in [1.54, 1.807) is 0 Å². The van der Waals surface area contributed by atoms with Crippen molar-refractivity contribution in [2.45, 2.75) is 0 Å². The van der Waals surface area contributed by atoms with Crippen LogP contribution < -0.4 is 0 Å². The molecule has 2 heterocycles. The van der Waals surface area contributed by atoms with E-state index in [0.717, 1.165) is 61.1 Å². The summed E-state index contributed by atoms with van der Waals surface area (Å²) in [6, 6.07) is 59.6. The van der Waals surface area contributed by atoms with Gasteiger partial charge in [0.05, 0.1) is 16.7 Å². The van der Waals surface area contributed by atoms with Crippen LogP contribution in [0.25, 0.3) is 88.6 Å². The smallest absolute Gasteiger partial charge is 0.160 e. The van der Waals surface area contributed by atoms with Gasteiger partial charge in [0.1, 0.15) is 0 Å². The molecule has 0 aliphatic rings. The molecule has 0 N–H and O–H groups in total. The van der Waals surface area contributed by atoms with E-state index in [4.69, 9.17) is 15.0 Å². The van der Waals surface area contributed by atoms with Crippen molar-refractivity contribution in [2.75, 3.05) is 0 Å². The summed E-state index contributed by atoms with van der Waals surface area (Å²) in [6.07, 6.45) is 1.96. The summed E-state index contributed by atoms with van der Waals surface area (Å²) >= 11 is 0. The van der Waals surface area contributed by atoms with Crippen LogP contribution in [0.1, 0.15) is 0 Å². The maximum Gasteiger partial charge on any atom is 0.160 e. The topological polar surface area (TPSA) is 38.7 Å². The lowest BCUT2D eigenvalue weighted by atomic mass is 9.98. The van der Waals surface area contributed by atoms with Crippen LogP contribution in [0, 0.1) is 0 Å². The Hall–Kier alpha value is -6.45. The lowest BCUT2D eigenvalue weighted by Crippen LogP contribution is -1.95. The fourth-order valence-corrected chi connectivity index (χ4v) is 6.58.